The summed E-state index contributed by atoms with van der Waals surface area (Å²) in [7, 11) is 0. The fourth-order valence-electron chi connectivity index (χ4n) is 3.44. The van der Waals surface area contributed by atoms with Crippen molar-refractivity contribution in [3.8, 4) is 0 Å². The number of rotatable bonds is 4. The normalized spacial score (nSPS) is 23.9. The number of hydrazine groups is 1. The lowest BCUT2D eigenvalue weighted by molar-refractivity contribution is -0.385. The first-order valence-electron chi connectivity index (χ1n) is 8.09. The molecule has 1 saturated carbocycles. The van der Waals surface area contributed by atoms with Crippen LogP contribution in [-0.4, -0.2) is 27.8 Å². The van der Waals surface area contributed by atoms with Crippen molar-refractivity contribution in [1.29, 1.82) is 0 Å². The van der Waals surface area contributed by atoms with E-state index in [1.165, 1.54) is 24.3 Å². The summed E-state index contributed by atoms with van der Waals surface area (Å²) in [6, 6.07) is 5.37. The fourth-order valence-corrected chi connectivity index (χ4v) is 3.44. The summed E-state index contributed by atoms with van der Waals surface area (Å²) in [6.07, 6.45) is 0.703. The Morgan fingerprint density at radius 3 is 2.35 bits per heavy atom. The minimum Gasteiger partial charge on any atom is -0.481 e. The second-order valence-corrected chi connectivity index (χ2v) is 7.17. The number of nitrogens with one attached hydrogen (secondary N) is 2. The number of carboxylic acid groups (broad SMARTS) is 1. The van der Waals surface area contributed by atoms with Gasteiger partial charge in [-0.15, -0.1) is 0 Å². The van der Waals surface area contributed by atoms with Crippen LogP contribution >= 0.6 is 0 Å². The summed E-state index contributed by atoms with van der Waals surface area (Å²) in [4.78, 5) is 46.5. The molecule has 1 aromatic rings. The summed E-state index contributed by atoms with van der Waals surface area (Å²) in [5.41, 5.74) is 2.00. The Morgan fingerprint density at radius 2 is 1.81 bits per heavy atom. The number of benzene rings is 1. The maximum Gasteiger partial charge on any atom is 0.309 e. The number of para-hydroxylation sites is 1. The van der Waals surface area contributed by atoms with E-state index in [1.807, 2.05) is 0 Å². The predicted octanol–water partition coefficient (Wildman–Crippen LogP) is 1.88. The van der Waals surface area contributed by atoms with Crippen LogP contribution in [0.15, 0.2) is 24.3 Å². The second kappa shape index (κ2) is 6.74. The minimum atomic E-state index is -1.06. The molecule has 0 aliphatic heterocycles. The monoisotopic (exact) mass is 363 g/mol. The van der Waals surface area contributed by atoms with Gasteiger partial charge in [-0.1, -0.05) is 26.0 Å². The van der Waals surface area contributed by atoms with Crippen LogP contribution in [0.2, 0.25) is 0 Å². The largest absolute Gasteiger partial charge is 0.481 e. The van der Waals surface area contributed by atoms with Gasteiger partial charge in [0.2, 0.25) is 5.91 Å². The molecule has 0 bridgehead atoms. The van der Waals surface area contributed by atoms with Crippen LogP contribution in [-0.2, 0) is 9.59 Å². The molecule has 2 atom stereocenters. The lowest BCUT2D eigenvalue weighted by Crippen LogP contribution is -2.49. The van der Waals surface area contributed by atoms with Gasteiger partial charge in [0.15, 0.2) is 0 Å². The third-order valence-corrected chi connectivity index (χ3v) is 5.66. The van der Waals surface area contributed by atoms with Crippen molar-refractivity contribution in [2.75, 3.05) is 0 Å². The average molecular weight is 363 g/mol. The third-order valence-electron chi connectivity index (χ3n) is 5.66. The molecule has 0 aromatic heterocycles. The van der Waals surface area contributed by atoms with Crippen molar-refractivity contribution < 1.29 is 24.4 Å². The molecule has 1 aliphatic carbocycles. The molecule has 0 unspecified atom stereocenters. The zero-order valence-electron chi connectivity index (χ0n) is 14.7. The van der Waals surface area contributed by atoms with Crippen molar-refractivity contribution >= 4 is 23.5 Å². The zero-order chi connectivity index (χ0) is 19.7. The summed E-state index contributed by atoms with van der Waals surface area (Å²) in [5.74, 6) is -2.93. The molecule has 26 heavy (non-hydrogen) atoms. The van der Waals surface area contributed by atoms with Crippen LogP contribution in [0.1, 0.15) is 44.0 Å². The number of nitro benzene ring substituents is 1. The third kappa shape index (κ3) is 3.12. The van der Waals surface area contributed by atoms with Gasteiger partial charge in [0.25, 0.3) is 11.6 Å². The highest BCUT2D eigenvalue weighted by Crippen LogP contribution is 2.56. The van der Waals surface area contributed by atoms with E-state index in [9.17, 15) is 29.6 Å². The minimum absolute atomic E-state index is 0.182. The highest BCUT2D eigenvalue weighted by molar-refractivity contribution is 5.99. The van der Waals surface area contributed by atoms with Crippen molar-refractivity contribution in [2.45, 2.75) is 33.6 Å². The summed E-state index contributed by atoms with van der Waals surface area (Å²) in [6.45, 7) is 5.03. The van der Waals surface area contributed by atoms with E-state index in [-0.39, 0.29) is 11.3 Å². The molecule has 2 rings (SSSR count). The van der Waals surface area contributed by atoms with Crippen molar-refractivity contribution in [3.63, 3.8) is 0 Å². The van der Waals surface area contributed by atoms with Crippen molar-refractivity contribution in [3.05, 3.63) is 39.9 Å². The van der Waals surface area contributed by atoms with Gasteiger partial charge in [-0.2, -0.15) is 0 Å². The Bertz CT molecular complexity index is 776. The van der Waals surface area contributed by atoms with Crippen LogP contribution in [0.5, 0.6) is 0 Å². The van der Waals surface area contributed by atoms with Crippen LogP contribution in [0.3, 0.4) is 0 Å². The van der Waals surface area contributed by atoms with E-state index in [0.717, 1.165) is 0 Å². The van der Waals surface area contributed by atoms with Crippen LogP contribution < -0.4 is 10.9 Å². The molecular formula is C17H21N3O6. The number of carbonyl (C=O) groups excluding carboxylic acids is 2. The first-order chi connectivity index (χ1) is 12.0. The summed E-state index contributed by atoms with van der Waals surface area (Å²) < 4.78 is 0. The van der Waals surface area contributed by atoms with E-state index >= 15 is 0 Å². The lowest BCUT2D eigenvalue weighted by Gasteiger charge is -2.37. The second-order valence-electron chi connectivity index (χ2n) is 7.17. The predicted molar refractivity (Wildman–Crippen MR) is 91.0 cm³/mol. The Kier molecular flexibility index (Phi) is 5.02. The summed E-state index contributed by atoms with van der Waals surface area (Å²) >= 11 is 0. The molecular weight excluding hydrogens is 342 g/mol. The van der Waals surface area contributed by atoms with Crippen LogP contribution in [0, 0.1) is 26.9 Å². The van der Waals surface area contributed by atoms with Crippen LogP contribution in [0.4, 0.5) is 5.69 Å². The lowest BCUT2D eigenvalue weighted by atomic mass is 9.65. The van der Waals surface area contributed by atoms with E-state index in [0.29, 0.717) is 12.8 Å². The van der Waals surface area contributed by atoms with Gasteiger partial charge in [0.1, 0.15) is 5.56 Å². The standard InChI is InChI=1S/C17H21N3O6/c1-16(2)11(8-9-17(16,3)15(23)24)14(22)19-18-13(21)10-6-4-5-7-12(10)20(25)26/h4-7,11H,8-9H2,1-3H3,(H,18,21)(H,19,22)(H,23,24)/t11-,17+/m1/s1. The SMILES string of the molecule is CC1(C)[C@@H](C(=O)NNC(=O)c2ccccc2[N+](=O)[O-])CC[C@@]1(C)C(=O)O. The summed E-state index contributed by atoms with van der Waals surface area (Å²) in [5, 5.41) is 20.5. The van der Waals surface area contributed by atoms with Gasteiger partial charge in [0, 0.05) is 12.0 Å². The van der Waals surface area contributed by atoms with E-state index in [4.69, 9.17) is 0 Å². The molecule has 0 heterocycles. The Balaban J connectivity index is 2.09. The number of carbonyl (C=O) groups is 3. The molecule has 9 heteroatoms. The highest BCUT2D eigenvalue weighted by atomic mass is 16.6. The molecule has 9 nitrogen and oxygen atoms in total. The quantitative estimate of drug-likeness (QED) is 0.551. The molecule has 0 radical (unpaired) electrons. The number of hydrogen-bond donors (Lipinski definition) is 3. The molecule has 1 aliphatic rings. The Labute approximate surface area is 149 Å². The zero-order valence-corrected chi connectivity index (χ0v) is 14.7. The van der Waals surface area contributed by atoms with Gasteiger partial charge in [-0.05, 0) is 31.2 Å². The van der Waals surface area contributed by atoms with Gasteiger partial charge < -0.3 is 5.11 Å². The molecule has 0 spiro atoms. The van der Waals surface area contributed by atoms with Gasteiger partial charge in [-0.3, -0.25) is 35.3 Å². The van der Waals surface area contributed by atoms with Gasteiger partial charge in [0.05, 0.1) is 10.3 Å². The number of nitro groups is 1. The van der Waals surface area contributed by atoms with E-state index in [1.54, 1.807) is 20.8 Å². The molecule has 1 fully saturated rings. The average Bonchev–Trinajstić information content (AvgIpc) is 2.83. The van der Waals surface area contributed by atoms with E-state index in [2.05, 4.69) is 10.9 Å². The maximum atomic E-state index is 12.5. The van der Waals surface area contributed by atoms with E-state index < -0.39 is 39.5 Å². The molecule has 3 N–H and O–H groups in total. The Hall–Kier alpha value is -2.97. The maximum absolute atomic E-state index is 12.5. The highest BCUT2D eigenvalue weighted by Gasteiger charge is 2.58. The number of carboxylic acids is 1. The van der Waals surface area contributed by atoms with Gasteiger partial charge >= 0.3 is 5.97 Å². The number of nitrogens with zero attached hydrogens (tertiary/aromatic N) is 1. The van der Waals surface area contributed by atoms with Crippen LogP contribution in [0.25, 0.3) is 0 Å². The molecule has 1 aromatic carbocycles. The number of aliphatic carboxylic acids is 1. The van der Waals surface area contributed by atoms with Crippen molar-refractivity contribution in [2.24, 2.45) is 16.7 Å². The van der Waals surface area contributed by atoms with Gasteiger partial charge in [-0.25, -0.2) is 0 Å². The Morgan fingerprint density at radius 1 is 1.19 bits per heavy atom. The topological polar surface area (TPSA) is 139 Å². The molecule has 0 saturated heterocycles. The number of amides is 2. The number of hydrogen-bond acceptors (Lipinski definition) is 5. The fraction of sp³-hybridized carbons (Fsp3) is 0.471. The van der Waals surface area contributed by atoms with Crippen molar-refractivity contribution in [1.82, 2.24) is 10.9 Å². The molecule has 140 valence electrons. The first-order valence-corrected chi connectivity index (χ1v) is 8.09. The molecule has 2 amide bonds. The first kappa shape index (κ1) is 19.4. The smallest absolute Gasteiger partial charge is 0.309 e.